The molecule has 9 heteroatoms. The van der Waals surface area contributed by atoms with E-state index in [-0.39, 0.29) is 0 Å². The predicted molar refractivity (Wildman–Crippen MR) is 138 cm³/mol. The first-order valence-corrected chi connectivity index (χ1v) is 10.4. The maximum Gasteiger partial charge on any atom is 0.191 e. The predicted octanol–water partition coefficient (Wildman–Crippen LogP) is 4.03. The van der Waals surface area contributed by atoms with Crippen molar-refractivity contribution < 1.29 is 0 Å². The van der Waals surface area contributed by atoms with Crippen molar-refractivity contribution in [3.8, 4) is 11.3 Å². The van der Waals surface area contributed by atoms with Gasteiger partial charge in [-0.15, -0.1) is 0 Å². The van der Waals surface area contributed by atoms with E-state index >= 15 is 0 Å². The number of hydrogen-bond acceptors (Lipinski definition) is 5. The summed E-state index contributed by atoms with van der Waals surface area (Å²) in [6, 6.07) is 20.1. The lowest BCUT2D eigenvalue weighted by Gasteiger charge is -2.09. The number of nitrogens with zero attached hydrogens (tertiary/aromatic N) is 3. The van der Waals surface area contributed by atoms with E-state index in [0.717, 1.165) is 27.8 Å². The number of thiocarbonyl (C=S) groups is 2. The molecule has 0 unspecified atom stereocenters. The lowest BCUT2D eigenvalue weighted by molar-refractivity contribution is 0.974. The van der Waals surface area contributed by atoms with E-state index in [1.807, 2.05) is 62.4 Å². The molecule has 0 saturated carbocycles. The molecule has 3 rings (SSSR count). The van der Waals surface area contributed by atoms with Gasteiger partial charge in [-0.2, -0.15) is 10.2 Å². The minimum Gasteiger partial charge on any atom is -0.364 e. The normalized spacial score (nSPS) is 11.7. The van der Waals surface area contributed by atoms with Crippen LogP contribution < -0.4 is 21.5 Å². The highest BCUT2D eigenvalue weighted by Gasteiger charge is 2.03. The Kier molecular flexibility index (Phi) is 7.58. The fraction of sp³-hybridized carbons (Fsp3) is 0.136. The Morgan fingerprint density at radius 2 is 1.45 bits per heavy atom. The molecule has 1 heterocycles. The van der Waals surface area contributed by atoms with Crippen molar-refractivity contribution in [3.05, 3.63) is 60.7 Å². The fourth-order valence-electron chi connectivity index (χ4n) is 2.60. The van der Waals surface area contributed by atoms with E-state index in [1.165, 1.54) is 0 Å². The minimum atomic E-state index is 0.377. The van der Waals surface area contributed by atoms with Gasteiger partial charge in [-0.25, -0.2) is 4.98 Å². The van der Waals surface area contributed by atoms with Crippen LogP contribution >= 0.6 is 24.4 Å². The molecule has 0 aliphatic carbocycles. The van der Waals surface area contributed by atoms with Crippen LogP contribution in [0.25, 0.3) is 22.2 Å². The zero-order valence-corrected chi connectivity index (χ0v) is 19.1. The van der Waals surface area contributed by atoms with Gasteiger partial charge in [-0.1, -0.05) is 36.4 Å². The summed E-state index contributed by atoms with van der Waals surface area (Å²) >= 11 is 10.3. The number of hydrazone groups is 2. The molecule has 31 heavy (non-hydrogen) atoms. The first kappa shape index (κ1) is 22.3. The number of nitrogens with one attached hydrogen (secondary N) is 4. The average molecular weight is 450 g/mol. The molecule has 0 atom stereocenters. The summed E-state index contributed by atoms with van der Waals surface area (Å²) in [4.78, 5) is 4.73. The number of fused-ring (bicyclic) bond motifs is 1. The molecular formula is C22H23N7S2. The standard InChI is InChI=1S/C22H23N7S2/c1-14(26-28-21(30)23-3)15(2)27-29-22(31)24-18-11-8-17(9-12-18)20-13-10-16-6-4-5-7-19(16)25-20/h4-13H,1-3H3,(H2,23,28,30)(H2,24,29,31)/b26-14+,27-15+. The summed E-state index contributed by atoms with van der Waals surface area (Å²) in [7, 11) is 1.72. The van der Waals surface area contributed by atoms with E-state index in [1.54, 1.807) is 7.05 Å². The zero-order chi connectivity index (χ0) is 22.2. The number of rotatable bonds is 5. The van der Waals surface area contributed by atoms with E-state index in [4.69, 9.17) is 29.4 Å². The third kappa shape index (κ3) is 6.27. The third-order valence-electron chi connectivity index (χ3n) is 4.44. The second-order valence-corrected chi connectivity index (χ2v) is 7.43. The van der Waals surface area contributed by atoms with Crippen molar-refractivity contribution in [1.82, 2.24) is 21.2 Å². The SMILES string of the molecule is CNC(=S)N/N=C(C)/C(C)=N/NC(=S)Nc1ccc(-c2ccc3ccccc3n2)cc1. The Morgan fingerprint density at radius 3 is 2.13 bits per heavy atom. The maximum atomic E-state index is 5.32. The van der Waals surface area contributed by atoms with Crippen LogP contribution in [0.15, 0.2) is 70.9 Å². The summed E-state index contributed by atoms with van der Waals surface area (Å²) in [5.41, 5.74) is 10.7. The van der Waals surface area contributed by atoms with Crippen LogP contribution in [-0.2, 0) is 0 Å². The van der Waals surface area contributed by atoms with E-state index in [0.29, 0.717) is 21.6 Å². The van der Waals surface area contributed by atoms with Gasteiger partial charge < -0.3 is 10.6 Å². The van der Waals surface area contributed by atoms with Crippen LogP contribution in [0, 0.1) is 0 Å². The molecule has 158 valence electrons. The number of para-hydroxylation sites is 1. The molecule has 0 aliphatic rings. The second-order valence-electron chi connectivity index (χ2n) is 6.62. The molecule has 0 bridgehead atoms. The molecule has 2 aromatic carbocycles. The monoisotopic (exact) mass is 449 g/mol. The van der Waals surface area contributed by atoms with Crippen molar-refractivity contribution in [1.29, 1.82) is 0 Å². The van der Waals surface area contributed by atoms with Crippen LogP contribution in [0.2, 0.25) is 0 Å². The quantitative estimate of drug-likeness (QED) is 0.266. The van der Waals surface area contributed by atoms with Crippen molar-refractivity contribution in [2.24, 2.45) is 10.2 Å². The summed E-state index contributed by atoms with van der Waals surface area (Å²) in [6.07, 6.45) is 0. The van der Waals surface area contributed by atoms with E-state index in [2.05, 4.69) is 43.8 Å². The van der Waals surface area contributed by atoms with Crippen molar-refractivity contribution >= 4 is 62.7 Å². The molecule has 0 aliphatic heterocycles. The lowest BCUT2D eigenvalue weighted by atomic mass is 10.1. The molecule has 0 amide bonds. The van der Waals surface area contributed by atoms with Crippen LogP contribution in [0.1, 0.15) is 13.8 Å². The van der Waals surface area contributed by atoms with Gasteiger partial charge in [0.1, 0.15) is 0 Å². The third-order valence-corrected chi connectivity index (χ3v) is 4.93. The maximum absolute atomic E-state index is 5.32. The van der Waals surface area contributed by atoms with E-state index < -0.39 is 0 Å². The molecular weight excluding hydrogens is 426 g/mol. The minimum absolute atomic E-state index is 0.377. The number of anilines is 1. The molecule has 7 nitrogen and oxygen atoms in total. The van der Waals surface area contributed by atoms with Gasteiger partial charge in [0.05, 0.1) is 22.6 Å². The van der Waals surface area contributed by atoms with Crippen molar-refractivity contribution in [2.75, 3.05) is 12.4 Å². The van der Waals surface area contributed by atoms with Gasteiger partial charge in [0.2, 0.25) is 0 Å². The van der Waals surface area contributed by atoms with Gasteiger partial charge in [-0.3, -0.25) is 10.9 Å². The van der Waals surface area contributed by atoms with E-state index in [9.17, 15) is 0 Å². The molecule has 0 saturated heterocycles. The summed E-state index contributed by atoms with van der Waals surface area (Å²) in [5, 5.41) is 16.2. The van der Waals surface area contributed by atoms with Gasteiger partial charge in [0.25, 0.3) is 0 Å². The molecule has 4 N–H and O–H groups in total. The second kappa shape index (κ2) is 10.6. The highest BCUT2D eigenvalue weighted by Crippen LogP contribution is 2.22. The summed E-state index contributed by atoms with van der Waals surface area (Å²) in [5.74, 6) is 0. The van der Waals surface area contributed by atoms with Gasteiger partial charge in [0, 0.05) is 23.7 Å². The van der Waals surface area contributed by atoms with Gasteiger partial charge in [0.15, 0.2) is 10.2 Å². The molecule has 0 radical (unpaired) electrons. The molecule has 1 aromatic heterocycles. The van der Waals surface area contributed by atoms with Gasteiger partial charge in [-0.05, 0) is 62.5 Å². The Bertz CT molecular complexity index is 1150. The molecule has 3 aromatic rings. The zero-order valence-electron chi connectivity index (χ0n) is 17.4. The Labute approximate surface area is 192 Å². The summed E-state index contributed by atoms with van der Waals surface area (Å²) < 4.78 is 0. The first-order chi connectivity index (χ1) is 15.0. The van der Waals surface area contributed by atoms with Crippen LogP contribution in [0.5, 0.6) is 0 Å². The van der Waals surface area contributed by atoms with Crippen molar-refractivity contribution in [2.45, 2.75) is 13.8 Å². The number of benzene rings is 2. The molecule has 0 spiro atoms. The first-order valence-electron chi connectivity index (χ1n) is 9.56. The van der Waals surface area contributed by atoms with Crippen molar-refractivity contribution in [3.63, 3.8) is 0 Å². The smallest absolute Gasteiger partial charge is 0.191 e. The topological polar surface area (TPSA) is 85.7 Å². The highest BCUT2D eigenvalue weighted by atomic mass is 32.1. The number of hydrogen-bond donors (Lipinski definition) is 4. The average Bonchev–Trinajstić information content (AvgIpc) is 2.80. The highest BCUT2D eigenvalue weighted by molar-refractivity contribution is 7.80. The summed E-state index contributed by atoms with van der Waals surface area (Å²) in [6.45, 7) is 3.64. The fourth-order valence-corrected chi connectivity index (χ4v) is 2.81. The Morgan fingerprint density at radius 1 is 0.806 bits per heavy atom. The van der Waals surface area contributed by atoms with Crippen LogP contribution in [-0.4, -0.2) is 33.7 Å². The molecule has 0 fully saturated rings. The van der Waals surface area contributed by atoms with Crippen LogP contribution in [0.4, 0.5) is 5.69 Å². The lowest BCUT2D eigenvalue weighted by Crippen LogP contribution is -2.30. The Hall–Kier alpha value is -3.43. The van der Waals surface area contributed by atoms with Crippen LogP contribution in [0.3, 0.4) is 0 Å². The van der Waals surface area contributed by atoms with Gasteiger partial charge >= 0.3 is 0 Å². The largest absolute Gasteiger partial charge is 0.364 e. The number of pyridine rings is 1. The Balaban J connectivity index is 1.60. The number of aromatic nitrogens is 1.